The minimum atomic E-state index is -0.403. The SMILES string of the molecule is CCn1c(SCC(=O)Nc2ccc(Br)c(Cl)c2)nnc1[C@H](C)NC(=O)c1ccccc1Cl. The lowest BCUT2D eigenvalue weighted by molar-refractivity contribution is -0.113. The second kappa shape index (κ2) is 11.2. The Labute approximate surface area is 208 Å². The molecule has 2 aromatic carbocycles. The first-order valence-electron chi connectivity index (χ1n) is 9.66. The number of rotatable bonds is 8. The lowest BCUT2D eigenvalue weighted by Crippen LogP contribution is -2.29. The smallest absolute Gasteiger partial charge is 0.253 e. The number of hydrogen-bond acceptors (Lipinski definition) is 5. The highest BCUT2D eigenvalue weighted by molar-refractivity contribution is 9.10. The molecule has 0 saturated carbocycles. The van der Waals surface area contributed by atoms with E-state index in [0.717, 1.165) is 4.47 Å². The molecule has 1 aromatic heterocycles. The molecule has 0 unspecified atom stereocenters. The number of benzene rings is 2. The number of thioether (sulfide) groups is 1. The molecule has 0 aliphatic rings. The number of nitrogens with one attached hydrogen (secondary N) is 2. The van der Waals surface area contributed by atoms with Gasteiger partial charge in [0.1, 0.15) is 0 Å². The molecule has 0 radical (unpaired) electrons. The molecule has 1 atom stereocenters. The fourth-order valence-electron chi connectivity index (χ4n) is 2.91. The van der Waals surface area contributed by atoms with Gasteiger partial charge in [0.2, 0.25) is 5.91 Å². The van der Waals surface area contributed by atoms with Gasteiger partial charge in [0.15, 0.2) is 11.0 Å². The van der Waals surface area contributed by atoms with E-state index in [9.17, 15) is 9.59 Å². The Morgan fingerprint density at radius 3 is 2.59 bits per heavy atom. The zero-order valence-corrected chi connectivity index (χ0v) is 21.1. The van der Waals surface area contributed by atoms with E-state index in [2.05, 4.69) is 36.8 Å². The fourth-order valence-corrected chi connectivity index (χ4v) is 4.37. The Morgan fingerprint density at radius 1 is 1.16 bits per heavy atom. The summed E-state index contributed by atoms with van der Waals surface area (Å²) in [6, 6.07) is 11.6. The maximum absolute atomic E-state index is 12.6. The Bertz CT molecular complexity index is 1140. The Balaban J connectivity index is 1.63. The van der Waals surface area contributed by atoms with Gasteiger partial charge in [0, 0.05) is 16.7 Å². The van der Waals surface area contributed by atoms with E-state index >= 15 is 0 Å². The van der Waals surface area contributed by atoms with E-state index in [1.54, 1.807) is 42.5 Å². The molecule has 0 aliphatic carbocycles. The number of carbonyl (C=O) groups is 2. The van der Waals surface area contributed by atoms with Crippen molar-refractivity contribution < 1.29 is 9.59 Å². The summed E-state index contributed by atoms with van der Waals surface area (Å²) in [7, 11) is 0. The Kier molecular flexibility index (Phi) is 8.58. The number of aromatic nitrogens is 3. The van der Waals surface area contributed by atoms with Gasteiger partial charge in [-0.15, -0.1) is 10.2 Å². The van der Waals surface area contributed by atoms with Crippen molar-refractivity contribution in [1.82, 2.24) is 20.1 Å². The van der Waals surface area contributed by atoms with E-state index in [0.29, 0.717) is 38.8 Å². The van der Waals surface area contributed by atoms with Crippen LogP contribution in [0, 0.1) is 0 Å². The van der Waals surface area contributed by atoms with Crippen molar-refractivity contribution in [3.8, 4) is 0 Å². The number of anilines is 1. The molecule has 0 spiro atoms. The van der Waals surface area contributed by atoms with Crippen LogP contribution in [0.3, 0.4) is 0 Å². The topological polar surface area (TPSA) is 88.9 Å². The van der Waals surface area contributed by atoms with Crippen molar-refractivity contribution in [2.75, 3.05) is 11.1 Å². The van der Waals surface area contributed by atoms with Crippen LogP contribution in [-0.2, 0) is 11.3 Å². The zero-order valence-electron chi connectivity index (χ0n) is 17.2. The van der Waals surface area contributed by atoms with Gasteiger partial charge in [-0.2, -0.15) is 0 Å². The molecule has 1 heterocycles. The second-order valence-electron chi connectivity index (χ2n) is 6.73. The summed E-state index contributed by atoms with van der Waals surface area (Å²) in [4.78, 5) is 24.9. The van der Waals surface area contributed by atoms with Crippen LogP contribution in [0.25, 0.3) is 0 Å². The van der Waals surface area contributed by atoms with Gasteiger partial charge in [-0.05, 0) is 60.1 Å². The molecule has 0 bridgehead atoms. The number of amides is 2. The molecule has 11 heteroatoms. The van der Waals surface area contributed by atoms with E-state index in [1.165, 1.54) is 11.8 Å². The second-order valence-corrected chi connectivity index (χ2v) is 9.34. The molecular formula is C21H20BrCl2N5O2S. The highest BCUT2D eigenvalue weighted by Gasteiger charge is 2.21. The highest BCUT2D eigenvalue weighted by atomic mass is 79.9. The van der Waals surface area contributed by atoms with Crippen LogP contribution in [-0.4, -0.2) is 32.3 Å². The van der Waals surface area contributed by atoms with Crippen LogP contribution in [0.4, 0.5) is 5.69 Å². The minimum absolute atomic E-state index is 0.145. The normalized spacial score (nSPS) is 11.8. The standard InChI is InChI=1S/C21H20BrCl2N5O2S/c1-3-29-19(12(2)25-20(31)14-6-4-5-7-16(14)23)27-28-21(29)32-11-18(30)26-13-8-9-15(22)17(24)10-13/h4-10,12H,3,11H2,1-2H3,(H,25,31)(H,26,30)/t12-/m0/s1. The molecule has 3 aromatic rings. The Hall–Kier alpha value is -2.07. The van der Waals surface area contributed by atoms with Gasteiger partial charge in [-0.1, -0.05) is 47.1 Å². The van der Waals surface area contributed by atoms with Crippen LogP contribution >= 0.6 is 50.9 Å². The summed E-state index contributed by atoms with van der Waals surface area (Å²) in [6.07, 6.45) is 0. The number of halogens is 3. The van der Waals surface area contributed by atoms with E-state index in [4.69, 9.17) is 23.2 Å². The van der Waals surface area contributed by atoms with Crippen molar-refractivity contribution in [1.29, 1.82) is 0 Å². The maximum Gasteiger partial charge on any atom is 0.253 e. The summed E-state index contributed by atoms with van der Waals surface area (Å²) >= 11 is 16.8. The van der Waals surface area contributed by atoms with Crippen molar-refractivity contribution in [2.45, 2.75) is 31.6 Å². The first-order valence-corrected chi connectivity index (χ1v) is 12.2. The van der Waals surface area contributed by atoms with E-state index < -0.39 is 6.04 Å². The monoisotopic (exact) mass is 555 g/mol. The summed E-state index contributed by atoms with van der Waals surface area (Å²) in [5, 5.41) is 15.6. The van der Waals surface area contributed by atoms with Gasteiger partial charge in [0.25, 0.3) is 5.91 Å². The molecule has 32 heavy (non-hydrogen) atoms. The van der Waals surface area contributed by atoms with Gasteiger partial charge >= 0.3 is 0 Å². The highest BCUT2D eigenvalue weighted by Crippen LogP contribution is 2.26. The molecule has 3 rings (SSSR count). The molecule has 0 saturated heterocycles. The number of carbonyl (C=O) groups excluding carboxylic acids is 2. The summed E-state index contributed by atoms with van der Waals surface area (Å²) in [5.41, 5.74) is 1.00. The number of nitrogens with zero attached hydrogens (tertiary/aromatic N) is 3. The average molecular weight is 557 g/mol. The van der Waals surface area contributed by atoms with Gasteiger partial charge in [-0.25, -0.2) is 0 Å². The predicted octanol–water partition coefficient (Wildman–Crippen LogP) is 5.59. The van der Waals surface area contributed by atoms with Gasteiger partial charge in [-0.3, -0.25) is 9.59 Å². The molecule has 7 nitrogen and oxygen atoms in total. The summed E-state index contributed by atoms with van der Waals surface area (Å²) in [6.45, 7) is 4.35. The van der Waals surface area contributed by atoms with Gasteiger partial charge < -0.3 is 15.2 Å². The Morgan fingerprint density at radius 2 is 1.91 bits per heavy atom. The van der Waals surface area contributed by atoms with Crippen LogP contribution < -0.4 is 10.6 Å². The molecule has 0 aliphatic heterocycles. The molecular weight excluding hydrogens is 537 g/mol. The first kappa shape index (κ1) is 24.6. The fraction of sp³-hybridized carbons (Fsp3) is 0.238. The third-order valence-electron chi connectivity index (χ3n) is 4.45. The third-order valence-corrected chi connectivity index (χ3v) is 6.98. The average Bonchev–Trinajstić information content (AvgIpc) is 3.18. The molecule has 2 N–H and O–H groups in total. The third kappa shape index (κ3) is 6.04. The predicted molar refractivity (Wildman–Crippen MR) is 132 cm³/mol. The largest absolute Gasteiger partial charge is 0.342 e. The van der Waals surface area contributed by atoms with Crippen molar-refractivity contribution in [3.63, 3.8) is 0 Å². The van der Waals surface area contributed by atoms with Crippen LogP contribution in [0.1, 0.15) is 36.1 Å². The van der Waals surface area contributed by atoms with Crippen LogP contribution in [0.15, 0.2) is 52.1 Å². The maximum atomic E-state index is 12.6. The lowest BCUT2D eigenvalue weighted by atomic mass is 10.2. The summed E-state index contributed by atoms with van der Waals surface area (Å²) < 4.78 is 2.62. The summed E-state index contributed by atoms with van der Waals surface area (Å²) in [5.74, 6) is 0.248. The van der Waals surface area contributed by atoms with E-state index in [-0.39, 0.29) is 17.6 Å². The molecule has 168 valence electrons. The lowest BCUT2D eigenvalue weighted by Gasteiger charge is -2.15. The van der Waals surface area contributed by atoms with Crippen LogP contribution in [0.2, 0.25) is 10.0 Å². The van der Waals surface area contributed by atoms with Crippen molar-refractivity contribution in [3.05, 3.63) is 68.4 Å². The van der Waals surface area contributed by atoms with E-state index in [1.807, 2.05) is 18.4 Å². The minimum Gasteiger partial charge on any atom is -0.342 e. The molecule has 2 amide bonds. The van der Waals surface area contributed by atoms with Gasteiger partial charge in [0.05, 0.1) is 27.4 Å². The first-order chi connectivity index (χ1) is 15.3. The quantitative estimate of drug-likeness (QED) is 0.353. The number of hydrogen-bond donors (Lipinski definition) is 2. The van der Waals surface area contributed by atoms with Crippen molar-refractivity contribution >= 4 is 68.4 Å². The molecule has 0 fully saturated rings. The van der Waals surface area contributed by atoms with Crippen molar-refractivity contribution in [2.24, 2.45) is 0 Å². The van der Waals surface area contributed by atoms with Crippen LogP contribution in [0.5, 0.6) is 0 Å². The zero-order chi connectivity index (χ0) is 23.3.